The number of fused-ring (bicyclic) bond motifs is 1. The molecule has 20 heavy (non-hydrogen) atoms. The molecule has 0 bridgehead atoms. The molecular formula is C11H13ClN4O4. The molecule has 9 heteroatoms. The van der Waals surface area contributed by atoms with Crippen LogP contribution in [0.15, 0.2) is 6.33 Å². The molecule has 0 aliphatic carbocycles. The van der Waals surface area contributed by atoms with E-state index in [4.69, 9.17) is 26.2 Å². The third-order valence-electron chi connectivity index (χ3n) is 3.24. The van der Waals surface area contributed by atoms with Crippen LogP contribution >= 0.6 is 11.6 Å². The Morgan fingerprint density at radius 3 is 3.00 bits per heavy atom. The second kappa shape index (κ2) is 5.13. The Bertz CT molecular complexity index is 634. The van der Waals surface area contributed by atoms with Crippen LogP contribution in [0.5, 0.6) is 6.01 Å². The Kier molecular flexibility index (Phi) is 3.47. The molecule has 0 aromatic carbocycles. The first-order chi connectivity index (χ1) is 9.63. The number of aliphatic hydroxyl groups is 2. The molecule has 0 spiro atoms. The van der Waals surface area contributed by atoms with Crippen molar-refractivity contribution in [2.45, 2.75) is 24.9 Å². The van der Waals surface area contributed by atoms with E-state index in [1.54, 1.807) is 4.57 Å². The zero-order valence-corrected chi connectivity index (χ0v) is 11.4. The molecule has 1 saturated heterocycles. The molecule has 1 aliphatic heterocycles. The highest BCUT2D eigenvalue weighted by Gasteiger charge is 2.35. The van der Waals surface area contributed by atoms with Gasteiger partial charge in [-0.2, -0.15) is 9.97 Å². The van der Waals surface area contributed by atoms with Gasteiger partial charge in [-0.05, 0) is 0 Å². The van der Waals surface area contributed by atoms with Crippen LogP contribution < -0.4 is 4.74 Å². The van der Waals surface area contributed by atoms with Gasteiger partial charge in [0.25, 0.3) is 0 Å². The van der Waals surface area contributed by atoms with Gasteiger partial charge in [-0.3, -0.25) is 4.57 Å². The molecule has 0 unspecified atom stereocenters. The summed E-state index contributed by atoms with van der Waals surface area (Å²) in [4.78, 5) is 12.3. The van der Waals surface area contributed by atoms with Gasteiger partial charge in [-0.1, -0.05) is 11.6 Å². The Balaban J connectivity index is 2.02. The standard InChI is InChI=1S/C11H13ClN4O4/c1-19-11-14-9(12)8-10(15-11)16(4-13-8)7-2-5(18)6(3-17)20-7/h4-7,17-18H,2-3H2,1H3/t5-,6+,7+/m1/s1. The number of nitrogens with zero attached hydrogens (tertiary/aromatic N) is 4. The maximum atomic E-state index is 9.78. The van der Waals surface area contributed by atoms with Crippen molar-refractivity contribution in [3.8, 4) is 6.01 Å². The molecule has 0 radical (unpaired) electrons. The molecule has 2 aromatic heterocycles. The number of aliphatic hydroxyl groups excluding tert-OH is 2. The normalized spacial score (nSPS) is 26.3. The van der Waals surface area contributed by atoms with Crippen LogP contribution in [-0.2, 0) is 4.74 Å². The molecule has 1 aliphatic rings. The lowest BCUT2D eigenvalue weighted by atomic mass is 10.2. The van der Waals surface area contributed by atoms with Gasteiger partial charge in [0.2, 0.25) is 0 Å². The Morgan fingerprint density at radius 1 is 1.55 bits per heavy atom. The van der Waals surface area contributed by atoms with E-state index < -0.39 is 18.4 Å². The van der Waals surface area contributed by atoms with Crippen molar-refractivity contribution >= 4 is 22.8 Å². The predicted molar refractivity (Wildman–Crippen MR) is 68.5 cm³/mol. The van der Waals surface area contributed by atoms with Gasteiger partial charge >= 0.3 is 6.01 Å². The van der Waals surface area contributed by atoms with Crippen LogP contribution in [0.2, 0.25) is 5.15 Å². The number of rotatable bonds is 3. The third kappa shape index (κ3) is 2.10. The second-order valence-electron chi connectivity index (χ2n) is 4.44. The minimum atomic E-state index is -0.735. The molecule has 2 aromatic rings. The van der Waals surface area contributed by atoms with Crippen LogP contribution in [-0.4, -0.2) is 55.7 Å². The fourth-order valence-electron chi connectivity index (χ4n) is 2.22. The van der Waals surface area contributed by atoms with Gasteiger partial charge in [0.1, 0.15) is 17.8 Å². The SMILES string of the molecule is COc1nc(Cl)c2ncn([C@@H]3C[C@@H](O)[C@H](CO)O3)c2n1. The average molecular weight is 301 g/mol. The summed E-state index contributed by atoms with van der Waals surface area (Å²) in [5.41, 5.74) is 0.885. The van der Waals surface area contributed by atoms with Crippen molar-refractivity contribution in [2.75, 3.05) is 13.7 Å². The number of halogens is 1. The third-order valence-corrected chi connectivity index (χ3v) is 3.50. The molecule has 3 rings (SSSR count). The molecule has 2 N–H and O–H groups in total. The first kappa shape index (κ1) is 13.5. The highest BCUT2D eigenvalue weighted by molar-refractivity contribution is 6.33. The van der Waals surface area contributed by atoms with Crippen LogP contribution in [0.1, 0.15) is 12.6 Å². The maximum absolute atomic E-state index is 9.78. The van der Waals surface area contributed by atoms with E-state index in [2.05, 4.69) is 15.0 Å². The van der Waals surface area contributed by atoms with Crippen molar-refractivity contribution < 1.29 is 19.7 Å². The summed E-state index contributed by atoms with van der Waals surface area (Å²) in [7, 11) is 1.44. The second-order valence-corrected chi connectivity index (χ2v) is 4.80. The zero-order valence-electron chi connectivity index (χ0n) is 10.6. The van der Waals surface area contributed by atoms with E-state index in [1.165, 1.54) is 13.4 Å². The number of hydrogen-bond acceptors (Lipinski definition) is 7. The zero-order chi connectivity index (χ0) is 14.3. The molecule has 0 saturated carbocycles. The summed E-state index contributed by atoms with van der Waals surface area (Å²) in [5.74, 6) is 0. The van der Waals surface area contributed by atoms with Gasteiger partial charge in [0, 0.05) is 6.42 Å². The smallest absolute Gasteiger partial charge is 0.319 e. The summed E-state index contributed by atoms with van der Waals surface area (Å²) >= 11 is 6.01. The van der Waals surface area contributed by atoms with Crippen molar-refractivity contribution in [3.63, 3.8) is 0 Å². The van der Waals surface area contributed by atoms with Gasteiger partial charge in [-0.15, -0.1) is 0 Å². The lowest BCUT2D eigenvalue weighted by molar-refractivity contribution is -0.0432. The summed E-state index contributed by atoms with van der Waals surface area (Å²) < 4.78 is 12.2. The molecular weight excluding hydrogens is 288 g/mol. The van der Waals surface area contributed by atoms with Crippen LogP contribution in [0.3, 0.4) is 0 Å². The first-order valence-electron chi connectivity index (χ1n) is 6.02. The lowest BCUT2D eigenvalue weighted by Gasteiger charge is -2.13. The van der Waals surface area contributed by atoms with Gasteiger partial charge in [0.15, 0.2) is 10.8 Å². The molecule has 0 amide bonds. The summed E-state index contributed by atoms with van der Waals surface area (Å²) in [6.07, 6.45) is 0.0312. The summed E-state index contributed by atoms with van der Waals surface area (Å²) in [5, 5.41) is 19.1. The number of hydrogen-bond donors (Lipinski definition) is 2. The van der Waals surface area contributed by atoms with Crippen LogP contribution in [0, 0.1) is 0 Å². The average Bonchev–Trinajstić information content (AvgIpc) is 3.01. The molecule has 3 atom stereocenters. The fourth-order valence-corrected chi connectivity index (χ4v) is 2.42. The number of ether oxygens (including phenoxy) is 2. The van der Waals surface area contributed by atoms with E-state index >= 15 is 0 Å². The number of methoxy groups -OCH3 is 1. The molecule has 3 heterocycles. The molecule has 8 nitrogen and oxygen atoms in total. The number of aromatic nitrogens is 4. The lowest BCUT2D eigenvalue weighted by Crippen LogP contribution is -2.24. The van der Waals surface area contributed by atoms with Crippen molar-refractivity contribution in [1.82, 2.24) is 19.5 Å². The molecule has 108 valence electrons. The van der Waals surface area contributed by atoms with E-state index in [-0.39, 0.29) is 17.8 Å². The van der Waals surface area contributed by atoms with Crippen LogP contribution in [0.25, 0.3) is 11.2 Å². The maximum Gasteiger partial charge on any atom is 0.319 e. The Morgan fingerprint density at radius 2 is 2.35 bits per heavy atom. The minimum Gasteiger partial charge on any atom is -0.467 e. The minimum absolute atomic E-state index is 0.126. The molecule has 1 fully saturated rings. The monoisotopic (exact) mass is 300 g/mol. The first-order valence-corrected chi connectivity index (χ1v) is 6.40. The quantitative estimate of drug-likeness (QED) is 0.777. The topological polar surface area (TPSA) is 103 Å². The van der Waals surface area contributed by atoms with Gasteiger partial charge in [-0.25, -0.2) is 4.98 Å². The Labute approximate surface area is 118 Å². The van der Waals surface area contributed by atoms with Crippen LogP contribution in [0.4, 0.5) is 0 Å². The summed E-state index contributed by atoms with van der Waals surface area (Å²) in [6, 6.07) is 0.126. The van der Waals surface area contributed by atoms with Gasteiger partial charge in [0.05, 0.1) is 26.1 Å². The van der Waals surface area contributed by atoms with Crippen molar-refractivity contribution in [2.24, 2.45) is 0 Å². The van der Waals surface area contributed by atoms with Crippen molar-refractivity contribution in [3.05, 3.63) is 11.5 Å². The largest absolute Gasteiger partial charge is 0.467 e. The highest BCUT2D eigenvalue weighted by atomic mass is 35.5. The predicted octanol–water partition coefficient (Wildman–Crippen LogP) is 0.129. The highest BCUT2D eigenvalue weighted by Crippen LogP contribution is 2.32. The Hall–Kier alpha value is -1.48. The fraction of sp³-hybridized carbons (Fsp3) is 0.545. The number of imidazole rings is 1. The van der Waals surface area contributed by atoms with E-state index in [0.29, 0.717) is 17.6 Å². The van der Waals surface area contributed by atoms with E-state index in [0.717, 1.165) is 0 Å². The van der Waals surface area contributed by atoms with Crippen molar-refractivity contribution in [1.29, 1.82) is 0 Å². The van der Waals surface area contributed by atoms with E-state index in [1.807, 2.05) is 0 Å². The van der Waals surface area contributed by atoms with Gasteiger partial charge < -0.3 is 19.7 Å². The van der Waals surface area contributed by atoms with E-state index in [9.17, 15) is 5.11 Å². The summed E-state index contributed by atoms with van der Waals surface area (Å²) in [6.45, 7) is -0.247.